The number of aliphatic hydroxyl groups excluding tert-OH is 1. The Hall–Kier alpha value is -2.70. The third-order valence-electron chi connectivity index (χ3n) is 3.84. The highest BCUT2D eigenvalue weighted by atomic mass is 16.5. The lowest BCUT2D eigenvalue weighted by molar-refractivity contribution is 0.167. The molecule has 0 atom stereocenters. The Labute approximate surface area is 146 Å². The molecule has 6 nitrogen and oxygen atoms in total. The molecule has 25 heavy (non-hydrogen) atoms. The molecule has 0 radical (unpaired) electrons. The Morgan fingerprint density at radius 2 is 1.80 bits per heavy atom. The molecule has 0 amide bonds. The van der Waals surface area contributed by atoms with Crippen LogP contribution in [0.25, 0.3) is 11.4 Å². The summed E-state index contributed by atoms with van der Waals surface area (Å²) < 4.78 is 10.5. The lowest BCUT2D eigenvalue weighted by Crippen LogP contribution is -2.26. The number of ether oxygens (including phenoxy) is 1. The molecule has 0 unspecified atom stereocenters. The number of rotatable bonds is 8. The van der Waals surface area contributed by atoms with Gasteiger partial charge in [0.15, 0.2) is 0 Å². The van der Waals surface area contributed by atoms with Crippen LogP contribution in [0, 0.1) is 0 Å². The molecular weight excluding hydrogens is 318 g/mol. The van der Waals surface area contributed by atoms with E-state index in [1.807, 2.05) is 42.5 Å². The van der Waals surface area contributed by atoms with Crippen LogP contribution >= 0.6 is 0 Å². The van der Waals surface area contributed by atoms with Crippen LogP contribution < -0.4 is 4.74 Å². The molecule has 0 bridgehead atoms. The van der Waals surface area contributed by atoms with Gasteiger partial charge >= 0.3 is 0 Å². The average Bonchev–Trinajstić information content (AvgIpc) is 3.11. The van der Waals surface area contributed by atoms with Crippen molar-refractivity contribution in [2.75, 3.05) is 20.3 Å². The standard InChI is InChI=1S/C19H21N3O3/c1-24-17-9-7-16(8-10-17)19-20-18(25-21-19)14-22(11-12-23)13-15-5-3-2-4-6-15/h2-10,23H,11-14H2,1H3. The highest BCUT2D eigenvalue weighted by Crippen LogP contribution is 2.20. The number of nitrogens with zero attached hydrogens (tertiary/aromatic N) is 3. The molecule has 0 aliphatic rings. The predicted octanol–water partition coefficient (Wildman–Crippen LogP) is 2.74. The van der Waals surface area contributed by atoms with Crippen molar-refractivity contribution < 1.29 is 14.4 Å². The summed E-state index contributed by atoms with van der Waals surface area (Å²) in [5, 5.41) is 13.4. The van der Waals surface area contributed by atoms with Crippen molar-refractivity contribution in [2.24, 2.45) is 0 Å². The van der Waals surface area contributed by atoms with Crippen molar-refractivity contribution in [3.63, 3.8) is 0 Å². The summed E-state index contributed by atoms with van der Waals surface area (Å²) in [6.07, 6.45) is 0. The third-order valence-corrected chi connectivity index (χ3v) is 3.84. The van der Waals surface area contributed by atoms with Crippen LogP contribution in [0.1, 0.15) is 11.5 Å². The Bertz CT molecular complexity index is 772. The molecule has 1 N–H and O–H groups in total. The van der Waals surface area contributed by atoms with Gasteiger partial charge in [0.05, 0.1) is 20.3 Å². The van der Waals surface area contributed by atoms with Gasteiger partial charge in [-0.1, -0.05) is 35.5 Å². The molecule has 0 aliphatic heterocycles. The van der Waals surface area contributed by atoms with Gasteiger partial charge in [-0.2, -0.15) is 4.98 Å². The highest BCUT2D eigenvalue weighted by molar-refractivity contribution is 5.55. The SMILES string of the molecule is COc1ccc(-c2noc(CN(CCO)Cc3ccccc3)n2)cc1. The second kappa shape index (κ2) is 8.41. The van der Waals surface area contributed by atoms with Gasteiger partial charge < -0.3 is 14.4 Å². The zero-order chi connectivity index (χ0) is 17.5. The van der Waals surface area contributed by atoms with Gasteiger partial charge in [0.2, 0.25) is 11.7 Å². The maximum Gasteiger partial charge on any atom is 0.241 e. The van der Waals surface area contributed by atoms with Gasteiger partial charge in [-0.25, -0.2) is 0 Å². The fourth-order valence-corrected chi connectivity index (χ4v) is 2.56. The normalized spacial score (nSPS) is 11.0. The first kappa shape index (κ1) is 17.1. The molecule has 1 heterocycles. The van der Waals surface area contributed by atoms with E-state index in [4.69, 9.17) is 9.26 Å². The number of hydrogen-bond acceptors (Lipinski definition) is 6. The minimum absolute atomic E-state index is 0.0757. The maximum atomic E-state index is 9.31. The van der Waals surface area contributed by atoms with Gasteiger partial charge in [0.1, 0.15) is 5.75 Å². The fraction of sp³-hybridized carbons (Fsp3) is 0.263. The van der Waals surface area contributed by atoms with E-state index in [1.165, 1.54) is 5.56 Å². The zero-order valence-corrected chi connectivity index (χ0v) is 14.1. The Kier molecular flexibility index (Phi) is 5.77. The summed E-state index contributed by atoms with van der Waals surface area (Å²) in [4.78, 5) is 6.53. The van der Waals surface area contributed by atoms with Crippen LogP contribution in [0.3, 0.4) is 0 Å². The fourth-order valence-electron chi connectivity index (χ4n) is 2.56. The molecule has 1 aromatic heterocycles. The van der Waals surface area contributed by atoms with E-state index < -0.39 is 0 Å². The summed E-state index contributed by atoms with van der Waals surface area (Å²) in [5.41, 5.74) is 2.04. The number of methoxy groups -OCH3 is 1. The largest absolute Gasteiger partial charge is 0.497 e. The third kappa shape index (κ3) is 4.65. The van der Waals surface area contributed by atoms with Crippen LogP contribution in [-0.4, -0.2) is 40.4 Å². The van der Waals surface area contributed by atoms with Crippen molar-refractivity contribution in [3.05, 3.63) is 66.1 Å². The number of hydrogen-bond donors (Lipinski definition) is 1. The van der Waals surface area contributed by atoms with Gasteiger partial charge in [0.25, 0.3) is 0 Å². The topological polar surface area (TPSA) is 71.6 Å². The molecule has 2 aromatic carbocycles. The molecule has 130 valence electrons. The van der Waals surface area contributed by atoms with Gasteiger partial charge in [-0.3, -0.25) is 4.90 Å². The number of aliphatic hydroxyl groups is 1. The number of benzene rings is 2. The predicted molar refractivity (Wildman–Crippen MR) is 93.9 cm³/mol. The molecule has 0 aliphatic carbocycles. The summed E-state index contributed by atoms with van der Waals surface area (Å²) >= 11 is 0. The summed E-state index contributed by atoms with van der Waals surface area (Å²) in [6.45, 7) is 1.81. The van der Waals surface area contributed by atoms with Crippen molar-refractivity contribution in [1.29, 1.82) is 0 Å². The molecular formula is C19H21N3O3. The lowest BCUT2D eigenvalue weighted by Gasteiger charge is -2.19. The molecule has 6 heteroatoms. The van der Waals surface area contributed by atoms with E-state index in [-0.39, 0.29) is 6.61 Å². The van der Waals surface area contributed by atoms with Gasteiger partial charge in [0, 0.05) is 18.7 Å². The van der Waals surface area contributed by atoms with E-state index in [2.05, 4.69) is 27.2 Å². The average molecular weight is 339 g/mol. The quantitative estimate of drug-likeness (QED) is 0.680. The monoisotopic (exact) mass is 339 g/mol. The van der Waals surface area contributed by atoms with Crippen LogP contribution in [-0.2, 0) is 13.1 Å². The lowest BCUT2D eigenvalue weighted by atomic mass is 10.2. The van der Waals surface area contributed by atoms with Crippen LogP contribution in [0.4, 0.5) is 0 Å². The Morgan fingerprint density at radius 1 is 1.04 bits per heavy atom. The first-order valence-corrected chi connectivity index (χ1v) is 8.12. The molecule has 0 saturated heterocycles. The molecule has 0 fully saturated rings. The van der Waals surface area contributed by atoms with Crippen molar-refractivity contribution in [3.8, 4) is 17.1 Å². The minimum Gasteiger partial charge on any atom is -0.497 e. The first-order valence-electron chi connectivity index (χ1n) is 8.12. The van der Waals surface area contributed by atoms with Gasteiger partial charge in [-0.05, 0) is 29.8 Å². The van der Waals surface area contributed by atoms with E-state index in [0.717, 1.165) is 11.3 Å². The first-order chi connectivity index (χ1) is 12.3. The maximum absolute atomic E-state index is 9.31. The van der Waals surface area contributed by atoms with E-state index in [9.17, 15) is 5.11 Å². The zero-order valence-electron chi connectivity index (χ0n) is 14.1. The Balaban J connectivity index is 1.69. The molecule has 3 aromatic rings. The van der Waals surface area contributed by atoms with E-state index >= 15 is 0 Å². The van der Waals surface area contributed by atoms with Crippen molar-refractivity contribution in [2.45, 2.75) is 13.1 Å². The van der Waals surface area contributed by atoms with Gasteiger partial charge in [-0.15, -0.1) is 0 Å². The van der Waals surface area contributed by atoms with Crippen molar-refractivity contribution >= 4 is 0 Å². The van der Waals surface area contributed by atoms with E-state index in [1.54, 1.807) is 7.11 Å². The second-order valence-corrected chi connectivity index (χ2v) is 5.66. The minimum atomic E-state index is 0.0757. The summed E-state index contributed by atoms with van der Waals surface area (Å²) in [5.74, 6) is 1.85. The summed E-state index contributed by atoms with van der Waals surface area (Å²) in [7, 11) is 1.63. The smallest absolute Gasteiger partial charge is 0.241 e. The van der Waals surface area contributed by atoms with Crippen LogP contribution in [0.2, 0.25) is 0 Å². The highest BCUT2D eigenvalue weighted by Gasteiger charge is 2.13. The summed E-state index contributed by atoms with van der Waals surface area (Å²) in [6, 6.07) is 17.6. The molecule has 0 spiro atoms. The Morgan fingerprint density at radius 3 is 2.48 bits per heavy atom. The second-order valence-electron chi connectivity index (χ2n) is 5.66. The van der Waals surface area contributed by atoms with E-state index in [0.29, 0.717) is 31.3 Å². The van der Waals surface area contributed by atoms with Crippen LogP contribution in [0.5, 0.6) is 5.75 Å². The molecule has 0 saturated carbocycles. The number of aromatic nitrogens is 2. The molecule has 3 rings (SSSR count). The van der Waals surface area contributed by atoms with Crippen molar-refractivity contribution in [1.82, 2.24) is 15.0 Å². The van der Waals surface area contributed by atoms with Crippen LogP contribution in [0.15, 0.2) is 59.1 Å².